The third-order valence-corrected chi connectivity index (χ3v) is 3.70. The molecule has 102 valence electrons. The summed E-state index contributed by atoms with van der Waals surface area (Å²) in [7, 11) is 0. The van der Waals surface area contributed by atoms with Crippen LogP contribution in [0.3, 0.4) is 0 Å². The molecule has 0 saturated carbocycles. The van der Waals surface area contributed by atoms with E-state index in [1.165, 1.54) is 4.88 Å². The molecule has 0 radical (unpaired) electrons. The number of thiazole rings is 1. The molecule has 2 unspecified atom stereocenters. The molecule has 5 heteroatoms. The third-order valence-electron chi connectivity index (χ3n) is 2.61. The molecular weight excluding hydrogens is 248 g/mol. The van der Waals surface area contributed by atoms with Gasteiger partial charge in [-0.3, -0.25) is 10.1 Å². The Labute approximate surface area is 113 Å². The lowest BCUT2D eigenvalue weighted by Gasteiger charge is -2.20. The van der Waals surface area contributed by atoms with Crippen LogP contribution in [0.15, 0.2) is 6.20 Å². The standard InChI is InChI=1S/C13H22N2O2S/c1-5-7-11(13(16)17-6-2)15-10(4)12-14-8-9(3)18-12/h8,10-11,15H,5-7H2,1-4H3. The van der Waals surface area contributed by atoms with Crippen LogP contribution in [-0.2, 0) is 9.53 Å². The van der Waals surface area contributed by atoms with Crippen LogP contribution in [0, 0.1) is 6.92 Å². The molecule has 0 saturated heterocycles. The first-order valence-electron chi connectivity index (χ1n) is 6.43. The molecule has 0 amide bonds. The van der Waals surface area contributed by atoms with Gasteiger partial charge in [0.1, 0.15) is 11.0 Å². The molecule has 0 aromatic carbocycles. The highest BCUT2D eigenvalue weighted by atomic mass is 32.1. The maximum atomic E-state index is 11.8. The van der Waals surface area contributed by atoms with E-state index in [9.17, 15) is 4.79 Å². The number of ether oxygens (including phenoxy) is 1. The Morgan fingerprint density at radius 3 is 2.78 bits per heavy atom. The van der Waals surface area contributed by atoms with Crippen molar-refractivity contribution < 1.29 is 9.53 Å². The number of rotatable bonds is 7. The van der Waals surface area contributed by atoms with Crippen molar-refractivity contribution in [2.24, 2.45) is 0 Å². The van der Waals surface area contributed by atoms with Crippen LogP contribution < -0.4 is 5.32 Å². The molecule has 1 N–H and O–H groups in total. The number of hydrogen-bond donors (Lipinski definition) is 1. The van der Waals surface area contributed by atoms with Gasteiger partial charge in [0.25, 0.3) is 0 Å². The van der Waals surface area contributed by atoms with Gasteiger partial charge >= 0.3 is 5.97 Å². The molecule has 2 atom stereocenters. The maximum Gasteiger partial charge on any atom is 0.323 e. The van der Waals surface area contributed by atoms with Gasteiger partial charge in [-0.05, 0) is 27.2 Å². The fraction of sp³-hybridized carbons (Fsp3) is 0.692. The van der Waals surface area contributed by atoms with E-state index in [0.717, 1.165) is 17.8 Å². The number of aromatic nitrogens is 1. The second kappa shape index (κ2) is 7.48. The lowest BCUT2D eigenvalue weighted by Crippen LogP contribution is -2.39. The summed E-state index contributed by atoms with van der Waals surface area (Å²) in [6, 6.07) is -0.168. The Morgan fingerprint density at radius 2 is 2.28 bits per heavy atom. The number of carbonyl (C=O) groups excluding carboxylic acids is 1. The largest absolute Gasteiger partial charge is 0.465 e. The molecule has 0 aliphatic heterocycles. The minimum absolute atomic E-state index is 0.0738. The smallest absolute Gasteiger partial charge is 0.323 e. The summed E-state index contributed by atoms with van der Waals surface area (Å²) in [5.74, 6) is -0.167. The Morgan fingerprint density at radius 1 is 1.56 bits per heavy atom. The normalized spacial score (nSPS) is 14.2. The van der Waals surface area contributed by atoms with Gasteiger partial charge in [0, 0.05) is 11.1 Å². The summed E-state index contributed by atoms with van der Waals surface area (Å²) in [6.45, 7) is 8.37. The van der Waals surface area contributed by atoms with E-state index < -0.39 is 0 Å². The molecular formula is C13H22N2O2S. The maximum absolute atomic E-state index is 11.8. The van der Waals surface area contributed by atoms with Crippen LogP contribution in [-0.4, -0.2) is 23.6 Å². The highest BCUT2D eigenvalue weighted by Crippen LogP contribution is 2.20. The molecule has 1 aromatic heterocycles. The first-order valence-corrected chi connectivity index (χ1v) is 7.25. The SMILES string of the molecule is CCCC(NC(C)c1ncc(C)s1)C(=O)OCC. The summed E-state index contributed by atoms with van der Waals surface area (Å²) in [6.07, 6.45) is 3.59. The van der Waals surface area contributed by atoms with E-state index in [2.05, 4.69) is 17.2 Å². The molecule has 1 heterocycles. The Hall–Kier alpha value is -0.940. The second-order valence-corrected chi connectivity index (χ2v) is 5.56. The Kier molecular flexibility index (Phi) is 6.29. The molecule has 0 spiro atoms. The average Bonchev–Trinajstić information content (AvgIpc) is 2.75. The molecule has 0 aliphatic rings. The van der Waals surface area contributed by atoms with Crippen LogP contribution in [0.4, 0.5) is 0 Å². The van der Waals surface area contributed by atoms with Gasteiger partial charge in [0.15, 0.2) is 0 Å². The zero-order valence-electron chi connectivity index (χ0n) is 11.5. The lowest BCUT2D eigenvalue weighted by molar-refractivity contribution is -0.146. The van der Waals surface area contributed by atoms with Gasteiger partial charge in [0.05, 0.1) is 12.6 Å². The number of nitrogens with one attached hydrogen (secondary N) is 1. The fourth-order valence-electron chi connectivity index (χ4n) is 1.75. The van der Waals surface area contributed by atoms with Gasteiger partial charge in [-0.1, -0.05) is 13.3 Å². The van der Waals surface area contributed by atoms with E-state index in [-0.39, 0.29) is 18.1 Å². The second-order valence-electron chi connectivity index (χ2n) is 4.29. The van der Waals surface area contributed by atoms with Crippen molar-refractivity contribution in [1.82, 2.24) is 10.3 Å². The lowest BCUT2D eigenvalue weighted by atomic mass is 10.1. The number of esters is 1. The molecule has 1 aromatic rings. The molecule has 0 fully saturated rings. The first kappa shape index (κ1) is 15.1. The van der Waals surface area contributed by atoms with E-state index in [1.807, 2.05) is 27.0 Å². The van der Waals surface area contributed by atoms with Crippen molar-refractivity contribution in [3.8, 4) is 0 Å². The van der Waals surface area contributed by atoms with Gasteiger partial charge in [-0.25, -0.2) is 4.98 Å². The van der Waals surface area contributed by atoms with Crippen molar-refractivity contribution >= 4 is 17.3 Å². The van der Waals surface area contributed by atoms with Gasteiger partial charge in [-0.2, -0.15) is 0 Å². The number of nitrogens with zero attached hydrogens (tertiary/aromatic N) is 1. The van der Waals surface area contributed by atoms with Crippen LogP contribution >= 0.6 is 11.3 Å². The minimum Gasteiger partial charge on any atom is -0.465 e. The fourth-order valence-corrected chi connectivity index (χ4v) is 2.53. The predicted molar refractivity (Wildman–Crippen MR) is 73.7 cm³/mol. The molecule has 4 nitrogen and oxygen atoms in total. The summed E-state index contributed by atoms with van der Waals surface area (Å²) < 4.78 is 5.08. The quantitative estimate of drug-likeness (QED) is 0.774. The van der Waals surface area contributed by atoms with Crippen LogP contribution in [0.25, 0.3) is 0 Å². The van der Waals surface area contributed by atoms with Crippen molar-refractivity contribution in [1.29, 1.82) is 0 Å². The minimum atomic E-state index is -0.242. The monoisotopic (exact) mass is 270 g/mol. The van der Waals surface area contributed by atoms with Crippen molar-refractivity contribution in [2.45, 2.75) is 52.6 Å². The van der Waals surface area contributed by atoms with Crippen molar-refractivity contribution in [2.75, 3.05) is 6.61 Å². The number of carbonyl (C=O) groups is 1. The topological polar surface area (TPSA) is 51.2 Å². The number of aryl methyl sites for hydroxylation is 1. The van der Waals surface area contributed by atoms with E-state index in [0.29, 0.717) is 6.61 Å². The van der Waals surface area contributed by atoms with Crippen LogP contribution in [0.5, 0.6) is 0 Å². The van der Waals surface area contributed by atoms with Crippen LogP contribution in [0.2, 0.25) is 0 Å². The predicted octanol–water partition coefficient (Wildman–Crippen LogP) is 2.83. The van der Waals surface area contributed by atoms with Gasteiger partial charge < -0.3 is 4.74 Å². The Balaban J connectivity index is 2.62. The van der Waals surface area contributed by atoms with Crippen molar-refractivity contribution in [3.05, 3.63) is 16.1 Å². The van der Waals surface area contributed by atoms with Crippen molar-refractivity contribution in [3.63, 3.8) is 0 Å². The first-order chi connectivity index (χ1) is 8.58. The zero-order chi connectivity index (χ0) is 13.5. The highest BCUT2D eigenvalue weighted by molar-refractivity contribution is 7.11. The third kappa shape index (κ3) is 4.38. The summed E-state index contributed by atoms with van der Waals surface area (Å²) >= 11 is 1.66. The molecule has 0 bridgehead atoms. The van der Waals surface area contributed by atoms with E-state index in [1.54, 1.807) is 11.3 Å². The molecule has 0 aliphatic carbocycles. The van der Waals surface area contributed by atoms with E-state index >= 15 is 0 Å². The Bertz CT molecular complexity index is 379. The molecule has 18 heavy (non-hydrogen) atoms. The van der Waals surface area contributed by atoms with Crippen LogP contribution in [0.1, 0.15) is 49.5 Å². The zero-order valence-corrected chi connectivity index (χ0v) is 12.3. The van der Waals surface area contributed by atoms with Gasteiger partial charge in [0.2, 0.25) is 0 Å². The van der Waals surface area contributed by atoms with Gasteiger partial charge in [-0.15, -0.1) is 11.3 Å². The summed E-state index contributed by atoms with van der Waals surface area (Å²) in [4.78, 5) is 17.3. The number of hydrogen-bond acceptors (Lipinski definition) is 5. The van der Waals surface area contributed by atoms with E-state index in [4.69, 9.17) is 4.74 Å². The average molecular weight is 270 g/mol. The summed E-state index contributed by atoms with van der Waals surface area (Å²) in [5.41, 5.74) is 0. The molecule has 1 rings (SSSR count). The highest BCUT2D eigenvalue weighted by Gasteiger charge is 2.22. The summed E-state index contributed by atoms with van der Waals surface area (Å²) in [5, 5.41) is 4.32.